The number of hydrogen-bond donors (Lipinski definition) is 1. The number of hydrogen-bond acceptors (Lipinski definition) is 3. The predicted molar refractivity (Wildman–Crippen MR) is 103 cm³/mol. The van der Waals surface area contributed by atoms with Crippen molar-refractivity contribution in [3.05, 3.63) is 34.9 Å². The van der Waals surface area contributed by atoms with Crippen LogP contribution in [0.5, 0.6) is 0 Å². The van der Waals surface area contributed by atoms with E-state index in [1.807, 2.05) is 12.1 Å². The Hall–Kier alpha value is -0.610. The van der Waals surface area contributed by atoms with Crippen LogP contribution >= 0.6 is 11.6 Å². The first-order valence-electron chi connectivity index (χ1n) is 9.53. The lowest BCUT2D eigenvalue weighted by Gasteiger charge is -2.41. The van der Waals surface area contributed by atoms with Gasteiger partial charge in [0.25, 0.3) is 0 Å². The molecule has 134 valence electrons. The van der Waals surface area contributed by atoms with Gasteiger partial charge in [0, 0.05) is 23.7 Å². The Bertz CT molecular complexity index is 505. The van der Waals surface area contributed by atoms with Crippen molar-refractivity contribution >= 4 is 11.6 Å². The summed E-state index contributed by atoms with van der Waals surface area (Å²) in [5.74, 6) is 0.510. The van der Waals surface area contributed by atoms with Crippen LogP contribution in [0.2, 0.25) is 5.02 Å². The summed E-state index contributed by atoms with van der Waals surface area (Å²) in [6, 6.07) is 9.78. The molecule has 0 saturated carbocycles. The van der Waals surface area contributed by atoms with Crippen molar-refractivity contribution in [2.24, 2.45) is 0 Å². The van der Waals surface area contributed by atoms with E-state index in [9.17, 15) is 0 Å². The molecular weight excluding hydrogens is 318 g/mol. The molecule has 1 N–H and O–H groups in total. The number of rotatable bonds is 5. The van der Waals surface area contributed by atoms with E-state index in [0.717, 1.165) is 17.6 Å². The Kier molecular flexibility index (Phi) is 6.56. The lowest BCUT2D eigenvalue weighted by Crippen LogP contribution is -2.50. The van der Waals surface area contributed by atoms with E-state index in [1.54, 1.807) is 0 Å². The molecule has 0 bridgehead atoms. The summed E-state index contributed by atoms with van der Waals surface area (Å²) >= 11 is 6.11. The van der Waals surface area contributed by atoms with Crippen molar-refractivity contribution in [1.82, 2.24) is 15.1 Å². The summed E-state index contributed by atoms with van der Waals surface area (Å²) in [6.45, 7) is 8.38. The minimum Gasteiger partial charge on any atom is -0.313 e. The van der Waals surface area contributed by atoms with Gasteiger partial charge in [-0.05, 0) is 82.5 Å². The molecule has 0 unspecified atom stereocenters. The Morgan fingerprint density at radius 2 is 1.83 bits per heavy atom. The van der Waals surface area contributed by atoms with Gasteiger partial charge in [0.15, 0.2) is 0 Å². The Morgan fingerprint density at radius 1 is 1.12 bits per heavy atom. The summed E-state index contributed by atoms with van der Waals surface area (Å²) in [5.41, 5.74) is 1.33. The van der Waals surface area contributed by atoms with Crippen LogP contribution in [0.4, 0.5) is 0 Å². The highest BCUT2D eigenvalue weighted by molar-refractivity contribution is 6.30. The van der Waals surface area contributed by atoms with Crippen LogP contribution in [-0.4, -0.2) is 61.7 Å². The maximum absolute atomic E-state index is 6.11. The van der Waals surface area contributed by atoms with E-state index >= 15 is 0 Å². The molecule has 1 atom stereocenters. The highest BCUT2D eigenvalue weighted by atomic mass is 35.5. The van der Waals surface area contributed by atoms with Crippen molar-refractivity contribution in [2.45, 2.75) is 50.6 Å². The van der Waals surface area contributed by atoms with Gasteiger partial charge >= 0.3 is 0 Å². The number of piperidine rings is 2. The highest BCUT2D eigenvalue weighted by Gasteiger charge is 2.27. The summed E-state index contributed by atoms with van der Waals surface area (Å²) in [4.78, 5) is 5.20. The minimum atomic E-state index is 0.510. The number of benzene rings is 1. The van der Waals surface area contributed by atoms with E-state index in [0.29, 0.717) is 12.0 Å². The molecule has 4 heteroatoms. The average Bonchev–Trinajstić information content (AvgIpc) is 2.61. The van der Waals surface area contributed by atoms with Crippen LogP contribution < -0.4 is 5.32 Å². The van der Waals surface area contributed by atoms with Gasteiger partial charge in [-0.1, -0.05) is 30.7 Å². The third-order valence-electron chi connectivity index (χ3n) is 5.86. The third-order valence-corrected chi connectivity index (χ3v) is 6.10. The van der Waals surface area contributed by atoms with E-state index in [-0.39, 0.29) is 0 Å². The van der Waals surface area contributed by atoms with Gasteiger partial charge in [-0.3, -0.25) is 0 Å². The normalized spacial score (nSPS) is 23.5. The molecule has 0 aliphatic carbocycles. The van der Waals surface area contributed by atoms with Crippen LogP contribution in [0, 0.1) is 0 Å². The van der Waals surface area contributed by atoms with Crippen molar-refractivity contribution in [3.63, 3.8) is 0 Å². The molecular formula is C20H32ClN3. The monoisotopic (exact) mass is 349 g/mol. The molecule has 2 aliphatic rings. The molecule has 0 aromatic heterocycles. The smallest absolute Gasteiger partial charge is 0.0408 e. The van der Waals surface area contributed by atoms with Gasteiger partial charge < -0.3 is 15.1 Å². The highest BCUT2D eigenvalue weighted by Crippen LogP contribution is 2.22. The molecule has 0 amide bonds. The Labute approximate surface area is 152 Å². The summed E-state index contributed by atoms with van der Waals surface area (Å²) in [6.07, 6.45) is 5.27. The van der Waals surface area contributed by atoms with Crippen LogP contribution in [0.15, 0.2) is 24.3 Å². The van der Waals surface area contributed by atoms with Gasteiger partial charge in [-0.15, -0.1) is 0 Å². The molecule has 0 radical (unpaired) electrons. The fourth-order valence-electron chi connectivity index (χ4n) is 4.10. The summed E-state index contributed by atoms with van der Waals surface area (Å²) < 4.78 is 0. The molecule has 3 nitrogen and oxygen atoms in total. The van der Waals surface area contributed by atoms with Crippen LogP contribution in [0.1, 0.15) is 44.1 Å². The first-order chi connectivity index (χ1) is 11.6. The zero-order valence-corrected chi connectivity index (χ0v) is 15.9. The lowest BCUT2D eigenvalue weighted by molar-refractivity contribution is 0.0922. The topological polar surface area (TPSA) is 18.5 Å². The molecule has 2 saturated heterocycles. The molecule has 0 spiro atoms. The summed E-state index contributed by atoms with van der Waals surface area (Å²) in [5, 5.41) is 4.63. The fraction of sp³-hybridized carbons (Fsp3) is 0.700. The Morgan fingerprint density at radius 3 is 2.50 bits per heavy atom. The van der Waals surface area contributed by atoms with Gasteiger partial charge in [0.05, 0.1) is 0 Å². The lowest BCUT2D eigenvalue weighted by atomic mass is 9.97. The third kappa shape index (κ3) is 4.95. The van der Waals surface area contributed by atoms with E-state index in [2.05, 4.69) is 41.2 Å². The summed E-state index contributed by atoms with van der Waals surface area (Å²) in [7, 11) is 2.24. The second kappa shape index (κ2) is 8.66. The molecule has 1 aromatic rings. The van der Waals surface area contributed by atoms with Crippen molar-refractivity contribution in [3.8, 4) is 0 Å². The van der Waals surface area contributed by atoms with Crippen molar-refractivity contribution in [2.75, 3.05) is 39.8 Å². The minimum absolute atomic E-state index is 0.510. The van der Waals surface area contributed by atoms with Gasteiger partial charge in [0.2, 0.25) is 0 Å². The maximum Gasteiger partial charge on any atom is 0.0408 e. The van der Waals surface area contributed by atoms with Gasteiger partial charge in [-0.2, -0.15) is 0 Å². The Balaban J connectivity index is 1.39. The first-order valence-corrected chi connectivity index (χ1v) is 9.91. The maximum atomic E-state index is 6.11. The second-order valence-corrected chi connectivity index (χ2v) is 8.15. The van der Waals surface area contributed by atoms with Crippen LogP contribution in [0.3, 0.4) is 0 Å². The number of nitrogens with zero attached hydrogens (tertiary/aromatic N) is 2. The molecule has 24 heavy (non-hydrogen) atoms. The second-order valence-electron chi connectivity index (χ2n) is 7.71. The SMILES string of the molecule is C[C@H](CNC1CCN(C2CCN(C)CC2)CC1)c1cccc(Cl)c1. The number of nitrogens with one attached hydrogen (secondary N) is 1. The molecule has 3 rings (SSSR count). The number of halogens is 1. The zero-order valence-electron chi connectivity index (χ0n) is 15.2. The quantitative estimate of drug-likeness (QED) is 0.876. The van der Waals surface area contributed by atoms with E-state index in [4.69, 9.17) is 11.6 Å². The zero-order chi connectivity index (χ0) is 16.9. The van der Waals surface area contributed by atoms with Crippen LogP contribution in [-0.2, 0) is 0 Å². The fourth-order valence-corrected chi connectivity index (χ4v) is 4.30. The predicted octanol–water partition coefficient (Wildman–Crippen LogP) is 3.59. The molecule has 1 aromatic carbocycles. The molecule has 2 heterocycles. The van der Waals surface area contributed by atoms with Crippen LogP contribution in [0.25, 0.3) is 0 Å². The van der Waals surface area contributed by atoms with Crippen molar-refractivity contribution in [1.29, 1.82) is 0 Å². The average molecular weight is 350 g/mol. The number of likely N-dealkylation sites (tertiary alicyclic amines) is 2. The standard InChI is InChI=1S/C20H32ClN3/c1-16(17-4-3-5-18(21)14-17)15-22-19-6-12-24(13-7-19)20-8-10-23(2)11-9-20/h3-5,14,16,19-20,22H,6-13,15H2,1-2H3/t16-/m1/s1. The van der Waals surface area contributed by atoms with E-state index < -0.39 is 0 Å². The molecule has 2 fully saturated rings. The largest absolute Gasteiger partial charge is 0.313 e. The van der Waals surface area contributed by atoms with Gasteiger partial charge in [-0.25, -0.2) is 0 Å². The van der Waals surface area contributed by atoms with Crippen molar-refractivity contribution < 1.29 is 0 Å². The van der Waals surface area contributed by atoms with E-state index in [1.165, 1.54) is 57.4 Å². The first kappa shape index (κ1) is 18.2. The van der Waals surface area contributed by atoms with Gasteiger partial charge in [0.1, 0.15) is 0 Å². The molecule has 2 aliphatic heterocycles.